The second-order valence-electron chi connectivity index (χ2n) is 4.05. The Morgan fingerprint density at radius 3 is 2.71 bits per heavy atom. The maximum atomic E-state index is 12.6. The summed E-state index contributed by atoms with van der Waals surface area (Å²) in [7, 11) is 0. The van der Waals surface area contributed by atoms with Crippen LogP contribution in [0.3, 0.4) is 0 Å². The van der Waals surface area contributed by atoms with Gasteiger partial charge in [-0.25, -0.2) is 18.7 Å². The average molecular weight is 310 g/mol. The van der Waals surface area contributed by atoms with Gasteiger partial charge in [-0.15, -0.1) is 0 Å². The van der Waals surface area contributed by atoms with Gasteiger partial charge in [0.15, 0.2) is 0 Å². The lowest BCUT2D eigenvalue weighted by Crippen LogP contribution is -2.09. The molecule has 2 aromatic rings. The summed E-state index contributed by atoms with van der Waals surface area (Å²) in [6, 6.07) is 5.37. The van der Waals surface area contributed by atoms with Crippen molar-refractivity contribution in [2.75, 3.05) is 11.9 Å². The second-order valence-corrected chi connectivity index (χ2v) is 4.43. The standard InChI is InChI=1S/C13H10ClF2N5/c14-10-11(12(15)16)20-7-21-13(10)18-4-3-9-2-1-8(5-17)6-19-9/h1-2,6-7,12H,3-4H2,(H,18,20,21). The molecule has 8 heteroatoms. The first-order valence-electron chi connectivity index (χ1n) is 5.99. The molecule has 0 aliphatic rings. The van der Waals surface area contributed by atoms with Gasteiger partial charge in [-0.2, -0.15) is 5.26 Å². The molecule has 21 heavy (non-hydrogen) atoms. The third kappa shape index (κ3) is 3.83. The van der Waals surface area contributed by atoms with Crippen molar-refractivity contribution in [2.45, 2.75) is 12.8 Å². The normalized spacial score (nSPS) is 10.4. The van der Waals surface area contributed by atoms with Gasteiger partial charge in [0.25, 0.3) is 6.43 Å². The highest BCUT2D eigenvalue weighted by Crippen LogP contribution is 2.29. The molecule has 0 saturated heterocycles. The Kier molecular flexibility index (Phi) is 4.95. The van der Waals surface area contributed by atoms with Gasteiger partial charge in [0.2, 0.25) is 0 Å². The fourth-order valence-corrected chi connectivity index (χ4v) is 1.85. The molecule has 1 N–H and O–H groups in total. The number of rotatable bonds is 5. The summed E-state index contributed by atoms with van der Waals surface area (Å²) < 4.78 is 25.3. The van der Waals surface area contributed by atoms with Crippen LogP contribution in [0.5, 0.6) is 0 Å². The van der Waals surface area contributed by atoms with Gasteiger partial charge < -0.3 is 5.32 Å². The van der Waals surface area contributed by atoms with Crippen LogP contribution in [0.15, 0.2) is 24.7 Å². The van der Waals surface area contributed by atoms with E-state index in [1.807, 2.05) is 6.07 Å². The number of pyridine rings is 1. The van der Waals surface area contributed by atoms with Gasteiger partial charge in [0.05, 0.1) is 5.56 Å². The molecule has 5 nitrogen and oxygen atoms in total. The number of nitrogens with one attached hydrogen (secondary N) is 1. The Hall–Kier alpha value is -2.33. The van der Waals surface area contributed by atoms with E-state index in [-0.39, 0.29) is 10.8 Å². The van der Waals surface area contributed by atoms with E-state index >= 15 is 0 Å². The molecule has 2 rings (SSSR count). The van der Waals surface area contributed by atoms with Crippen LogP contribution in [0.1, 0.15) is 23.4 Å². The van der Waals surface area contributed by atoms with E-state index in [1.165, 1.54) is 6.20 Å². The van der Waals surface area contributed by atoms with Gasteiger partial charge in [0, 0.05) is 24.9 Å². The molecule has 0 aliphatic carbocycles. The van der Waals surface area contributed by atoms with E-state index in [1.54, 1.807) is 12.1 Å². The molecule has 0 radical (unpaired) electrons. The molecule has 0 amide bonds. The Morgan fingerprint density at radius 2 is 2.10 bits per heavy atom. The maximum absolute atomic E-state index is 12.6. The van der Waals surface area contributed by atoms with E-state index in [9.17, 15) is 8.78 Å². The van der Waals surface area contributed by atoms with E-state index in [0.29, 0.717) is 18.5 Å². The van der Waals surface area contributed by atoms with Gasteiger partial charge in [-0.1, -0.05) is 11.6 Å². The molecule has 2 heterocycles. The Bertz CT molecular complexity index is 655. The fraction of sp³-hybridized carbons (Fsp3) is 0.231. The molecule has 0 aromatic carbocycles. The molecule has 0 spiro atoms. The minimum absolute atomic E-state index is 0.163. The van der Waals surface area contributed by atoms with Crippen molar-refractivity contribution in [1.82, 2.24) is 15.0 Å². The van der Waals surface area contributed by atoms with E-state index < -0.39 is 12.1 Å². The van der Waals surface area contributed by atoms with E-state index in [0.717, 1.165) is 12.0 Å². The predicted octanol–water partition coefficient (Wildman–Crippen LogP) is 2.99. The third-order valence-electron chi connectivity index (χ3n) is 2.65. The number of hydrogen-bond acceptors (Lipinski definition) is 5. The highest BCUT2D eigenvalue weighted by Gasteiger charge is 2.17. The molecular formula is C13H10ClF2N5. The quantitative estimate of drug-likeness (QED) is 0.919. The first-order chi connectivity index (χ1) is 10.1. The van der Waals surface area contributed by atoms with E-state index in [4.69, 9.17) is 16.9 Å². The summed E-state index contributed by atoms with van der Waals surface area (Å²) in [5, 5.41) is 11.3. The van der Waals surface area contributed by atoms with Crippen molar-refractivity contribution in [3.05, 3.63) is 46.6 Å². The maximum Gasteiger partial charge on any atom is 0.282 e. The SMILES string of the molecule is N#Cc1ccc(CCNc2ncnc(C(F)F)c2Cl)nc1. The van der Waals surface area contributed by atoms with Crippen molar-refractivity contribution < 1.29 is 8.78 Å². The first kappa shape index (κ1) is 15.1. The molecule has 0 fully saturated rings. The van der Waals surface area contributed by atoms with Crippen LogP contribution in [-0.2, 0) is 6.42 Å². The van der Waals surface area contributed by atoms with Crippen molar-refractivity contribution in [3.8, 4) is 6.07 Å². The van der Waals surface area contributed by atoms with Gasteiger partial charge in [0.1, 0.15) is 28.9 Å². The van der Waals surface area contributed by atoms with Crippen LogP contribution < -0.4 is 5.32 Å². The average Bonchev–Trinajstić information content (AvgIpc) is 2.49. The van der Waals surface area contributed by atoms with Crippen molar-refractivity contribution in [3.63, 3.8) is 0 Å². The Labute approximate surface area is 124 Å². The Balaban J connectivity index is 1.97. The van der Waals surface area contributed by atoms with Gasteiger partial charge >= 0.3 is 0 Å². The Morgan fingerprint density at radius 1 is 1.29 bits per heavy atom. The smallest absolute Gasteiger partial charge is 0.282 e. The summed E-state index contributed by atoms with van der Waals surface area (Å²) in [5.74, 6) is 0.163. The summed E-state index contributed by atoms with van der Waals surface area (Å²) in [4.78, 5) is 11.4. The molecule has 0 unspecified atom stereocenters. The van der Waals surface area contributed by atoms with Gasteiger partial charge in [-0.05, 0) is 12.1 Å². The molecule has 2 aromatic heterocycles. The molecule has 108 valence electrons. The summed E-state index contributed by atoms with van der Waals surface area (Å²) >= 11 is 5.81. The van der Waals surface area contributed by atoms with E-state index in [2.05, 4.69) is 20.3 Å². The molecular weight excluding hydrogens is 300 g/mol. The van der Waals surface area contributed by atoms with Crippen LogP contribution in [0, 0.1) is 11.3 Å². The first-order valence-corrected chi connectivity index (χ1v) is 6.37. The molecule has 0 atom stereocenters. The van der Waals surface area contributed by atoms with Crippen LogP contribution in [0.25, 0.3) is 0 Å². The lowest BCUT2D eigenvalue weighted by atomic mass is 10.2. The van der Waals surface area contributed by atoms with Gasteiger partial charge in [-0.3, -0.25) is 4.98 Å². The van der Waals surface area contributed by atoms with Crippen LogP contribution >= 0.6 is 11.6 Å². The largest absolute Gasteiger partial charge is 0.368 e. The minimum atomic E-state index is -2.75. The number of aromatic nitrogens is 3. The summed E-state index contributed by atoms with van der Waals surface area (Å²) in [6.45, 7) is 0.415. The van der Waals surface area contributed by atoms with Crippen molar-refractivity contribution in [1.29, 1.82) is 5.26 Å². The van der Waals surface area contributed by atoms with Crippen molar-refractivity contribution >= 4 is 17.4 Å². The monoisotopic (exact) mass is 309 g/mol. The zero-order chi connectivity index (χ0) is 15.2. The lowest BCUT2D eigenvalue weighted by Gasteiger charge is -2.09. The molecule has 0 saturated carbocycles. The third-order valence-corrected chi connectivity index (χ3v) is 3.02. The number of nitriles is 1. The topological polar surface area (TPSA) is 74.5 Å². The number of hydrogen-bond donors (Lipinski definition) is 1. The summed E-state index contributed by atoms with van der Waals surface area (Å²) in [5.41, 5.74) is 0.749. The second kappa shape index (κ2) is 6.90. The minimum Gasteiger partial charge on any atom is -0.368 e. The number of halogens is 3. The van der Waals surface area contributed by atoms with Crippen LogP contribution in [-0.4, -0.2) is 21.5 Å². The lowest BCUT2D eigenvalue weighted by molar-refractivity contribution is 0.146. The number of anilines is 1. The molecule has 0 aliphatic heterocycles. The fourth-order valence-electron chi connectivity index (χ4n) is 1.61. The molecule has 0 bridgehead atoms. The van der Waals surface area contributed by atoms with Crippen LogP contribution in [0.2, 0.25) is 5.02 Å². The van der Waals surface area contributed by atoms with Crippen molar-refractivity contribution in [2.24, 2.45) is 0 Å². The zero-order valence-corrected chi connectivity index (χ0v) is 11.5. The predicted molar refractivity (Wildman–Crippen MR) is 73.1 cm³/mol. The summed E-state index contributed by atoms with van der Waals surface area (Å²) in [6.07, 6.45) is 0.300. The number of nitrogens with zero attached hydrogens (tertiary/aromatic N) is 4. The zero-order valence-electron chi connectivity index (χ0n) is 10.7. The van der Waals surface area contributed by atoms with Crippen LogP contribution in [0.4, 0.5) is 14.6 Å². The number of alkyl halides is 2. The highest BCUT2D eigenvalue weighted by atomic mass is 35.5. The highest BCUT2D eigenvalue weighted by molar-refractivity contribution is 6.33.